The van der Waals surface area contributed by atoms with Crippen LogP contribution in [0.4, 0.5) is 11.4 Å². The van der Waals surface area contributed by atoms with Gasteiger partial charge in [0.05, 0.1) is 17.7 Å². The summed E-state index contributed by atoms with van der Waals surface area (Å²) in [7, 11) is 1.14. The first kappa shape index (κ1) is 21.8. The summed E-state index contributed by atoms with van der Waals surface area (Å²) < 4.78 is 10.0. The van der Waals surface area contributed by atoms with Crippen molar-refractivity contribution in [1.82, 2.24) is 5.43 Å². The maximum atomic E-state index is 12.8. The number of methoxy groups -OCH3 is 1. The molecule has 0 saturated carbocycles. The Kier molecular flexibility index (Phi) is 6.21. The van der Waals surface area contributed by atoms with Gasteiger partial charge in [-0.05, 0) is 31.2 Å². The van der Waals surface area contributed by atoms with Crippen LogP contribution < -0.4 is 15.2 Å². The predicted molar refractivity (Wildman–Crippen MR) is 110 cm³/mol. The number of amides is 2. The van der Waals surface area contributed by atoms with Gasteiger partial charge in [0.1, 0.15) is 5.57 Å². The molecule has 1 saturated heterocycles. The Morgan fingerprint density at radius 1 is 1.26 bits per heavy atom. The van der Waals surface area contributed by atoms with Crippen molar-refractivity contribution in [2.45, 2.75) is 13.0 Å². The predicted octanol–water partition coefficient (Wildman–Crippen LogP) is 2.65. The molecule has 0 radical (unpaired) electrons. The van der Waals surface area contributed by atoms with Gasteiger partial charge >= 0.3 is 11.7 Å². The van der Waals surface area contributed by atoms with Crippen LogP contribution in [0.25, 0.3) is 6.08 Å². The molecule has 1 heterocycles. The maximum absolute atomic E-state index is 12.8. The molecular formula is C20H16ClN3O7. The number of carbonyl (C=O) groups is 3. The van der Waals surface area contributed by atoms with E-state index in [1.165, 1.54) is 13.0 Å². The summed E-state index contributed by atoms with van der Waals surface area (Å²) in [6.07, 6.45) is -0.0744. The Balaban J connectivity index is 2.08. The smallest absolute Gasteiger partial charge is 0.346 e. The second-order valence-electron chi connectivity index (χ2n) is 6.36. The fourth-order valence-corrected chi connectivity index (χ4v) is 3.05. The first-order chi connectivity index (χ1) is 14.7. The van der Waals surface area contributed by atoms with Crippen molar-refractivity contribution >= 4 is 46.8 Å². The zero-order chi connectivity index (χ0) is 22.7. The molecule has 3 rings (SSSR count). The highest BCUT2D eigenvalue weighted by molar-refractivity contribution is 6.32. The lowest BCUT2D eigenvalue weighted by molar-refractivity contribution is -0.386. The molecule has 2 amide bonds. The van der Waals surface area contributed by atoms with E-state index in [1.54, 1.807) is 30.3 Å². The first-order valence-corrected chi connectivity index (χ1v) is 9.25. The number of nitrogens with zero attached hydrogens (tertiary/aromatic N) is 2. The van der Waals surface area contributed by atoms with E-state index in [1.807, 2.05) is 0 Å². The van der Waals surface area contributed by atoms with E-state index >= 15 is 0 Å². The van der Waals surface area contributed by atoms with Gasteiger partial charge in [-0.2, -0.15) is 0 Å². The van der Waals surface area contributed by atoms with Gasteiger partial charge in [-0.15, -0.1) is 0 Å². The SMILES string of the molecule is COC(=O)[C@@H](C)Oc1c(/C=C2/C(=O)NN(c3ccccc3)C2=O)cc(Cl)cc1[N+](=O)[O-]. The number of hydrogen-bond acceptors (Lipinski definition) is 7. The molecule has 0 unspecified atom stereocenters. The topological polar surface area (TPSA) is 128 Å². The summed E-state index contributed by atoms with van der Waals surface area (Å²) in [6.45, 7) is 1.34. The lowest BCUT2D eigenvalue weighted by Crippen LogP contribution is -2.35. The average molecular weight is 446 g/mol. The number of carbonyl (C=O) groups excluding carboxylic acids is 3. The van der Waals surface area contributed by atoms with Crippen molar-refractivity contribution in [1.29, 1.82) is 0 Å². The highest BCUT2D eigenvalue weighted by Gasteiger charge is 2.35. The summed E-state index contributed by atoms with van der Waals surface area (Å²) in [5.41, 5.74) is 1.99. The van der Waals surface area contributed by atoms with Gasteiger partial charge < -0.3 is 9.47 Å². The molecule has 0 aromatic heterocycles. The second kappa shape index (κ2) is 8.84. The molecule has 1 aliphatic heterocycles. The zero-order valence-corrected chi connectivity index (χ0v) is 17.1. The van der Waals surface area contributed by atoms with Gasteiger partial charge in [0.2, 0.25) is 5.75 Å². The van der Waals surface area contributed by atoms with Gasteiger partial charge in [0.15, 0.2) is 6.10 Å². The number of esters is 1. The molecule has 2 aromatic carbocycles. The van der Waals surface area contributed by atoms with Crippen molar-refractivity contribution in [3.8, 4) is 5.75 Å². The minimum Gasteiger partial charge on any atom is -0.471 e. The van der Waals surface area contributed by atoms with E-state index in [0.29, 0.717) is 5.69 Å². The number of nitro benzene ring substituents is 1. The molecule has 11 heteroatoms. The standard InChI is InChI=1S/C20H16ClN3O7/c1-11(20(27)30-2)31-17-12(8-13(21)10-16(17)24(28)29)9-15-18(25)22-23(19(15)26)14-6-4-3-5-7-14/h3-11H,1-2H3,(H,22,25)/b15-9-/t11-/m1/s1. The van der Waals surface area contributed by atoms with Crippen LogP contribution in [0.3, 0.4) is 0 Å². The van der Waals surface area contributed by atoms with Crippen molar-refractivity contribution in [2.75, 3.05) is 12.1 Å². The lowest BCUT2D eigenvalue weighted by Gasteiger charge is -2.15. The molecule has 1 fully saturated rings. The summed E-state index contributed by atoms with van der Waals surface area (Å²) in [4.78, 5) is 47.8. The first-order valence-electron chi connectivity index (χ1n) is 8.87. The molecule has 2 aromatic rings. The number of rotatable bonds is 6. The van der Waals surface area contributed by atoms with Gasteiger partial charge in [-0.1, -0.05) is 29.8 Å². The van der Waals surface area contributed by atoms with E-state index in [-0.39, 0.29) is 21.9 Å². The van der Waals surface area contributed by atoms with Crippen LogP contribution in [-0.2, 0) is 19.1 Å². The van der Waals surface area contributed by atoms with E-state index in [2.05, 4.69) is 10.2 Å². The third-order valence-electron chi connectivity index (χ3n) is 4.29. The van der Waals surface area contributed by atoms with Crippen LogP contribution in [0.2, 0.25) is 5.02 Å². The third kappa shape index (κ3) is 4.48. The van der Waals surface area contributed by atoms with E-state index < -0.39 is 34.5 Å². The van der Waals surface area contributed by atoms with Crippen LogP contribution in [0.5, 0.6) is 5.75 Å². The number of nitrogens with one attached hydrogen (secondary N) is 1. The summed E-state index contributed by atoms with van der Waals surface area (Å²) in [5, 5.41) is 12.5. The molecule has 1 atom stereocenters. The summed E-state index contributed by atoms with van der Waals surface area (Å²) >= 11 is 6.00. The Morgan fingerprint density at radius 3 is 2.55 bits per heavy atom. The number of halogens is 1. The van der Waals surface area contributed by atoms with Crippen LogP contribution in [0, 0.1) is 10.1 Å². The number of ether oxygens (including phenoxy) is 2. The number of anilines is 1. The van der Waals surface area contributed by atoms with Crippen molar-refractivity contribution in [2.24, 2.45) is 0 Å². The fourth-order valence-electron chi connectivity index (χ4n) is 2.83. The van der Waals surface area contributed by atoms with E-state index in [4.69, 9.17) is 16.3 Å². The molecule has 1 aliphatic rings. The van der Waals surface area contributed by atoms with Crippen molar-refractivity contribution in [3.63, 3.8) is 0 Å². The third-order valence-corrected chi connectivity index (χ3v) is 4.51. The largest absolute Gasteiger partial charge is 0.471 e. The van der Waals surface area contributed by atoms with Gasteiger partial charge in [-0.25, -0.2) is 9.80 Å². The molecule has 160 valence electrons. The monoisotopic (exact) mass is 445 g/mol. The molecule has 0 spiro atoms. The molecule has 0 bridgehead atoms. The lowest BCUT2D eigenvalue weighted by atomic mass is 10.1. The average Bonchev–Trinajstić information content (AvgIpc) is 3.03. The Morgan fingerprint density at radius 2 is 1.94 bits per heavy atom. The number of benzene rings is 2. The minimum absolute atomic E-state index is 0.0247. The summed E-state index contributed by atoms with van der Waals surface area (Å²) in [6, 6.07) is 10.7. The minimum atomic E-state index is -1.20. The van der Waals surface area contributed by atoms with Gasteiger partial charge in [-0.3, -0.25) is 25.1 Å². The zero-order valence-electron chi connectivity index (χ0n) is 16.3. The highest BCUT2D eigenvalue weighted by atomic mass is 35.5. The Hall–Kier alpha value is -3.92. The normalized spacial score (nSPS) is 15.6. The molecule has 10 nitrogen and oxygen atoms in total. The molecule has 1 N–H and O–H groups in total. The van der Waals surface area contributed by atoms with Crippen LogP contribution in [0.1, 0.15) is 12.5 Å². The summed E-state index contributed by atoms with van der Waals surface area (Å²) in [5.74, 6) is -2.50. The fraction of sp³-hybridized carbons (Fsp3) is 0.150. The maximum Gasteiger partial charge on any atom is 0.346 e. The number of hydrazine groups is 1. The molecule has 31 heavy (non-hydrogen) atoms. The highest BCUT2D eigenvalue weighted by Crippen LogP contribution is 2.37. The Bertz CT molecular complexity index is 1100. The quantitative estimate of drug-likeness (QED) is 0.238. The molecular weight excluding hydrogens is 430 g/mol. The van der Waals surface area contributed by atoms with Crippen molar-refractivity contribution in [3.05, 3.63) is 68.7 Å². The number of para-hydroxylation sites is 1. The second-order valence-corrected chi connectivity index (χ2v) is 6.80. The Labute approximate surface area is 181 Å². The number of nitro groups is 1. The van der Waals surface area contributed by atoms with Gasteiger partial charge in [0.25, 0.3) is 11.8 Å². The number of hydrogen-bond donors (Lipinski definition) is 1. The van der Waals surface area contributed by atoms with E-state index in [0.717, 1.165) is 24.3 Å². The van der Waals surface area contributed by atoms with Crippen LogP contribution in [-0.4, -0.2) is 35.9 Å². The van der Waals surface area contributed by atoms with Crippen LogP contribution >= 0.6 is 11.6 Å². The van der Waals surface area contributed by atoms with Gasteiger partial charge in [0, 0.05) is 16.7 Å². The van der Waals surface area contributed by atoms with Crippen molar-refractivity contribution < 1.29 is 28.8 Å². The van der Waals surface area contributed by atoms with Crippen LogP contribution in [0.15, 0.2) is 48.0 Å². The molecule has 0 aliphatic carbocycles. The van der Waals surface area contributed by atoms with E-state index in [9.17, 15) is 24.5 Å².